The van der Waals surface area contributed by atoms with E-state index in [0.29, 0.717) is 12.1 Å². The Morgan fingerprint density at radius 1 is 1.19 bits per heavy atom. The molecule has 1 N–H and O–H groups in total. The average molecular weight is 227 g/mol. The lowest BCUT2D eigenvalue weighted by Crippen LogP contribution is -2.47. The molecule has 2 atom stereocenters. The number of hydrogen-bond acceptors (Lipinski definition) is 2. The van der Waals surface area contributed by atoms with E-state index in [0.717, 1.165) is 18.9 Å². The quantitative estimate of drug-likeness (QED) is 0.720. The molecule has 0 amide bonds. The Hall–Kier alpha value is -0.0800. The highest BCUT2D eigenvalue weighted by Crippen LogP contribution is 2.29. The second kappa shape index (κ2) is 8.08. The fourth-order valence-electron chi connectivity index (χ4n) is 2.97. The largest absolute Gasteiger partial charge is 0.380 e. The Morgan fingerprint density at radius 3 is 2.38 bits per heavy atom. The van der Waals surface area contributed by atoms with Gasteiger partial charge in [-0.15, -0.1) is 0 Å². The molecule has 1 saturated carbocycles. The van der Waals surface area contributed by atoms with Gasteiger partial charge in [0, 0.05) is 13.2 Å². The summed E-state index contributed by atoms with van der Waals surface area (Å²) >= 11 is 0. The zero-order valence-corrected chi connectivity index (χ0v) is 11.3. The lowest BCUT2D eigenvalue weighted by molar-refractivity contribution is 0.0368. The first-order valence-electron chi connectivity index (χ1n) is 7.09. The van der Waals surface area contributed by atoms with Crippen molar-refractivity contribution in [1.82, 2.24) is 5.32 Å². The molecule has 0 saturated heterocycles. The van der Waals surface area contributed by atoms with Crippen LogP contribution in [0.15, 0.2) is 0 Å². The van der Waals surface area contributed by atoms with E-state index >= 15 is 0 Å². The Balaban J connectivity index is 2.52. The summed E-state index contributed by atoms with van der Waals surface area (Å²) < 4.78 is 5.65. The third kappa shape index (κ3) is 4.06. The molecule has 0 spiro atoms. The van der Waals surface area contributed by atoms with Crippen molar-refractivity contribution in [3.8, 4) is 0 Å². The SMILES string of the molecule is CCCNC(C1CCCCC1)C(CC)OC. The molecule has 2 nitrogen and oxygen atoms in total. The first kappa shape index (κ1) is 14.0. The molecule has 1 fully saturated rings. The fourth-order valence-corrected chi connectivity index (χ4v) is 2.97. The minimum absolute atomic E-state index is 0.398. The summed E-state index contributed by atoms with van der Waals surface area (Å²) in [6, 6.07) is 0.579. The molecular formula is C14H29NO. The molecule has 0 aromatic rings. The lowest BCUT2D eigenvalue weighted by Gasteiger charge is -2.35. The zero-order valence-electron chi connectivity index (χ0n) is 11.3. The van der Waals surface area contributed by atoms with E-state index in [9.17, 15) is 0 Å². The predicted molar refractivity (Wildman–Crippen MR) is 69.7 cm³/mol. The zero-order chi connectivity index (χ0) is 11.8. The van der Waals surface area contributed by atoms with Crippen LogP contribution in [0.3, 0.4) is 0 Å². The summed E-state index contributed by atoms with van der Waals surface area (Å²) in [5.74, 6) is 0.838. The molecule has 0 aromatic heterocycles. The standard InChI is InChI=1S/C14H29NO/c1-4-11-15-14(13(5-2)16-3)12-9-7-6-8-10-12/h12-15H,4-11H2,1-3H3. The van der Waals surface area contributed by atoms with Crippen LogP contribution < -0.4 is 5.32 Å². The van der Waals surface area contributed by atoms with E-state index < -0.39 is 0 Å². The summed E-state index contributed by atoms with van der Waals surface area (Å²) in [4.78, 5) is 0. The maximum Gasteiger partial charge on any atom is 0.0724 e. The van der Waals surface area contributed by atoms with Crippen molar-refractivity contribution >= 4 is 0 Å². The van der Waals surface area contributed by atoms with Crippen LogP contribution in [-0.4, -0.2) is 25.8 Å². The van der Waals surface area contributed by atoms with Crippen LogP contribution in [0.4, 0.5) is 0 Å². The van der Waals surface area contributed by atoms with Gasteiger partial charge in [0.15, 0.2) is 0 Å². The van der Waals surface area contributed by atoms with Gasteiger partial charge in [-0.05, 0) is 38.1 Å². The molecule has 0 heterocycles. The molecular weight excluding hydrogens is 198 g/mol. The molecule has 1 aliphatic rings. The molecule has 16 heavy (non-hydrogen) atoms. The van der Waals surface area contributed by atoms with Gasteiger partial charge in [0.1, 0.15) is 0 Å². The van der Waals surface area contributed by atoms with Crippen LogP contribution in [0.2, 0.25) is 0 Å². The topological polar surface area (TPSA) is 21.3 Å². The van der Waals surface area contributed by atoms with E-state index in [1.807, 2.05) is 7.11 Å². The average Bonchev–Trinajstić information content (AvgIpc) is 2.35. The third-order valence-corrected chi connectivity index (χ3v) is 3.89. The van der Waals surface area contributed by atoms with Crippen molar-refractivity contribution in [2.75, 3.05) is 13.7 Å². The molecule has 0 aromatic carbocycles. The number of nitrogens with one attached hydrogen (secondary N) is 1. The van der Waals surface area contributed by atoms with Crippen LogP contribution in [0.25, 0.3) is 0 Å². The van der Waals surface area contributed by atoms with Gasteiger partial charge in [0.2, 0.25) is 0 Å². The monoisotopic (exact) mass is 227 g/mol. The maximum absolute atomic E-state index is 5.65. The predicted octanol–water partition coefficient (Wildman–Crippen LogP) is 3.36. The second-order valence-corrected chi connectivity index (χ2v) is 5.06. The maximum atomic E-state index is 5.65. The van der Waals surface area contributed by atoms with E-state index in [4.69, 9.17) is 4.74 Å². The van der Waals surface area contributed by atoms with Gasteiger partial charge in [-0.3, -0.25) is 0 Å². The van der Waals surface area contributed by atoms with E-state index in [2.05, 4.69) is 19.2 Å². The van der Waals surface area contributed by atoms with Gasteiger partial charge < -0.3 is 10.1 Å². The molecule has 2 unspecified atom stereocenters. The van der Waals surface area contributed by atoms with Crippen LogP contribution >= 0.6 is 0 Å². The highest BCUT2D eigenvalue weighted by Gasteiger charge is 2.28. The van der Waals surface area contributed by atoms with Gasteiger partial charge in [-0.1, -0.05) is 33.1 Å². The molecule has 96 valence electrons. The summed E-state index contributed by atoms with van der Waals surface area (Å²) in [5, 5.41) is 3.72. The number of methoxy groups -OCH3 is 1. The normalized spacial score (nSPS) is 21.9. The summed E-state index contributed by atoms with van der Waals surface area (Å²) in [6.07, 6.45) is 9.76. The highest BCUT2D eigenvalue weighted by molar-refractivity contribution is 4.85. The van der Waals surface area contributed by atoms with Crippen molar-refractivity contribution in [1.29, 1.82) is 0 Å². The fraction of sp³-hybridized carbons (Fsp3) is 1.00. The van der Waals surface area contributed by atoms with Crippen molar-refractivity contribution < 1.29 is 4.74 Å². The van der Waals surface area contributed by atoms with Crippen molar-refractivity contribution in [3.63, 3.8) is 0 Å². The Bertz CT molecular complexity index is 162. The van der Waals surface area contributed by atoms with E-state index in [1.165, 1.54) is 38.5 Å². The van der Waals surface area contributed by atoms with Crippen LogP contribution in [0.1, 0.15) is 58.8 Å². The van der Waals surface area contributed by atoms with Gasteiger partial charge in [0.05, 0.1) is 6.10 Å². The Morgan fingerprint density at radius 2 is 1.88 bits per heavy atom. The number of hydrogen-bond donors (Lipinski definition) is 1. The Kier molecular flexibility index (Phi) is 7.06. The lowest BCUT2D eigenvalue weighted by atomic mass is 9.81. The minimum Gasteiger partial charge on any atom is -0.380 e. The highest BCUT2D eigenvalue weighted by atomic mass is 16.5. The third-order valence-electron chi connectivity index (χ3n) is 3.89. The smallest absolute Gasteiger partial charge is 0.0724 e. The second-order valence-electron chi connectivity index (χ2n) is 5.06. The summed E-state index contributed by atoms with van der Waals surface area (Å²) in [5.41, 5.74) is 0. The van der Waals surface area contributed by atoms with Crippen LogP contribution in [0, 0.1) is 5.92 Å². The number of rotatable bonds is 7. The molecule has 2 heteroatoms. The minimum atomic E-state index is 0.398. The molecule has 0 aliphatic heterocycles. The molecule has 0 bridgehead atoms. The first-order valence-corrected chi connectivity index (χ1v) is 7.09. The molecule has 1 aliphatic carbocycles. The summed E-state index contributed by atoms with van der Waals surface area (Å²) in [6.45, 7) is 5.59. The van der Waals surface area contributed by atoms with E-state index in [1.54, 1.807) is 0 Å². The van der Waals surface area contributed by atoms with Crippen molar-refractivity contribution in [2.24, 2.45) is 5.92 Å². The number of ether oxygens (including phenoxy) is 1. The van der Waals surface area contributed by atoms with Crippen molar-refractivity contribution in [2.45, 2.75) is 70.9 Å². The van der Waals surface area contributed by atoms with Gasteiger partial charge in [-0.2, -0.15) is 0 Å². The van der Waals surface area contributed by atoms with Gasteiger partial charge in [-0.25, -0.2) is 0 Å². The summed E-state index contributed by atoms with van der Waals surface area (Å²) in [7, 11) is 1.86. The van der Waals surface area contributed by atoms with Crippen molar-refractivity contribution in [3.05, 3.63) is 0 Å². The van der Waals surface area contributed by atoms with Crippen LogP contribution in [0.5, 0.6) is 0 Å². The molecule has 1 rings (SSSR count). The van der Waals surface area contributed by atoms with Gasteiger partial charge in [0.25, 0.3) is 0 Å². The molecule has 0 radical (unpaired) electrons. The van der Waals surface area contributed by atoms with Crippen LogP contribution in [-0.2, 0) is 4.74 Å². The first-order chi connectivity index (χ1) is 7.83. The Labute approximate surface area is 101 Å². The van der Waals surface area contributed by atoms with E-state index in [-0.39, 0.29) is 0 Å². The van der Waals surface area contributed by atoms with Gasteiger partial charge >= 0.3 is 0 Å².